The zero-order valence-corrected chi connectivity index (χ0v) is 14.4. The molecule has 0 bridgehead atoms. The van der Waals surface area contributed by atoms with Crippen LogP contribution in [0.4, 0.5) is 4.79 Å². The fraction of sp³-hybridized carbons (Fsp3) is 0.778. The third-order valence-corrected chi connectivity index (χ3v) is 6.35. The molecule has 0 aromatic carbocycles. The zero-order valence-electron chi connectivity index (χ0n) is 14.4. The molecule has 1 spiro atoms. The average molecular weight is 322 g/mol. The number of hydrogen-bond donors (Lipinski definition) is 0. The van der Waals surface area contributed by atoms with Crippen molar-refractivity contribution in [1.29, 1.82) is 0 Å². The number of allylic oxidation sites excluding steroid dienone is 1. The number of fused-ring (bicyclic) bond motifs is 2. The summed E-state index contributed by atoms with van der Waals surface area (Å²) >= 11 is 0. The second kappa shape index (κ2) is 5.25. The summed E-state index contributed by atoms with van der Waals surface area (Å²) in [6.45, 7) is 8.57. The molecule has 1 saturated heterocycles. The van der Waals surface area contributed by atoms with Crippen LogP contribution < -0.4 is 0 Å². The van der Waals surface area contributed by atoms with Gasteiger partial charge in [-0.25, -0.2) is 4.79 Å². The van der Waals surface area contributed by atoms with E-state index in [1.165, 1.54) is 13.3 Å². The molecule has 5 nitrogen and oxygen atoms in total. The molecule has 3 rings (SSSR count). The van der Waals surface area contributed by atoms with Crippen LogP contribution in [0.3, 0.4) is 0 Å². The third-order valence-electron chi connectivity index (χ3n) is 6.35. The van der Waals surface area contributed by atoms with E-state index in [0.29, 0.717) is 5.92 Å². The minimum atomic E-state index is -0.805. The Morgan fingerprint density at radius 2 is 2.09 bits per heavy atom. The maximum Gasteiger partial charge on any atom is 0.509 e. The second-order valence-electron chi connectivity index (χ2n) is 8.03. The normalized spacial score (nSPS) is 38.3. The van der Waals surface area contributed by atoms with E-state index in [-0.39, 0.29) is 30.0 Å². The first-order valence-electron chi connectivity index (χ1n) is 8.40. The van der Waals surface area contributed by atoms with Crippen LogP contribution in [0, 0.1) is 16.7 Å². The SMILES string of the molecule is CC(=O)OCC1=CCC2C(C)(C)CCC[C@]2(C)[C@@]12COC(=O)O2. The molecule has 0 amide bonds. The highest BCUT2D eigenvalue weighted by Gasteiger charge is 2.65. The fourth-order valence-electron chi connectivity index (χ4n) is 5.13. The molecule has 1 unspecified atom stereocenters. The van der Waals surface area contributed by atoms with E-state index < -0.39 is 11.8 Å². The Morgan fingerprint density at radius 3 is 2.70 bits per heavy atom. The molecule has 0 radical (unpaired) electrons. The first-order valence-corrected chi connectivity index (χ1v) is 8.40. The minimum absolute atomic E-state index is 0.161. The topological polar surface area (TPSA) is 61.8 Å². The predicted octanol–water partition coefficient (Wildman–Crippen LogP) is 3.62. The monoisotopic (exact) mass is 322 g/mol. The molecule has 0 aromatic heterocycles. The van der Waals surface area contributed by atoms with E-state index in [0.717, 1.165) is 24.8 Å². The second-order valence-corrected chi connectivity index (χ2v) is 8.03. The van der Waals surface area contributed by atoms with Gasteiger partial charge in [0.1, 0.15) is 13.2 Å². The van der Waals surface area contributed by atoms with Gasteiger partial charge in [0.2, 0.25) is 0 Å². The smallest absolute Gasteiger partial charge is 0.461 e. The molecule has 0 N–H and O–H groups in total. The number of cyclic esters (lactones) is 1. The van der Waals surface area contributed by atoms with E-state index in [1.807, 2.05) is 0 Å². The van der Waals surface area contributed by atoms with Crippen molar-refractivity contribution < 1.29 is 23.8 Å². The van der Waals surface area contributed by atoms with Gasteiger partial charge in [-0.2, -0.15) is 0 Å². The summed E-state index contributed by atoms with van der Waals surface area (Å²) in [5, 5.41) is 0. The lowest BCUT2D eigenvalue weighted by atomic mass is 9.47. The van der Waals surface area contributed by atoms with Gasteiger partial charge >= 0.3 is 12.1 Å². The highest BCUT2D eigenvalue weighted by molar-refractivity contribution is 5.67. The highest BCUT2D eigenvalue weighted by Crippen LogP contribution is 2.63. The standard InChI is InChI=1S/C18H26O5/c1-12(19)21-10-13-6-7-14-16(2,3)8-5-9-17(14,4)18(13)11-22-15(20)23-18/h6,14H,5,7-11H2,1-4H3/t14?,17-,18+/m0/s1. The fourth-order valence-corrected chi connectivity index (χ4v) is 5.13. The van der Waals surface area contributed by atoms with Crippen LogP contribution in [0.2, 0.25) is 0 Å². The van der Waals surface area contributed by atoms with Crippen LogP contribution in [0.5, 0.6) is 0 Å². The Kier molecular flexibility index (Phi) is 3.73. The van der Waals surface area contributed by atoms with Crippen molar-refractivity contribution in [3.05, 3.63) is 11.6 Å². The maximum absolute atomic E-state index is 11.8. The lowest BCUT2D eigenvalue weighted by Crippen LogP contribution is -2.61. The summed E-state index contributed by atoms with van der Waals surface area (Å²) in [6, 6.07) is 0. The molecule has 1 aliphatic heterocycles. The van der Waals surface area contributed by atoms with Gasteiger partial charge in [0.05, 0.1) is 0 Å². The molecule has 5 heteroatoms. The summed E-state index contributed by atoms with van der Waals surface area (Å²) in [5.74, 6) is 0.0712. The average Bonchev–Trinajstić information content (AvgIpc) is 2.83. The molecule has 1 saturated carbocycles. The van der Waals surface area contributed by atoms with E-state index in [4.69, 9.17) is 14.2 Å². The quantitative estimate of drug-likeness (QED) is 0.574. The maximum atomic E-state index is 11.8. The van der Waals surface area contributed by atoms with Crippen LogP contribution in [-0.4, -0.2) is 30.9 Å². The zero-order chi connectivity index (χ0) is 16.9. The molecule has 3 aliphatic rings. The van der Waals surface area contributed by atoms with Crippen molar-refractivity contribution in [2.75, 3.05) is 13.2 Å². The number of carbonyl (C=O) groups is 2. The molecule has 23 heavy (non-hydrogen) atoms. The lowest BCUT2D eigenvalue weighted by Gasteiger charge is -2.59. The highest BCUT2D eigenvalue weighted by atomic mass is 16.8. The summed E-state index contributed by atoms with van der Waals surface area (Å²) < 4.78 is 16.2. The Morgan fingerprint density at radius 1 is 1.35 bits per heavy atom. The van der Waals surface area contributed by atoms with Gasteiger partial charge in [0.15, 0.2) is 5.60 Å². The van der Waals surface area contributed by atoms with Gasteiger partial charge in [0, 0.05) is 17.9 Å². The Labute approximate surface area is 137 Å². The summed E-state index contributed by atoms with van der Waals surface area (Å²) in [5.41, 5.74) is 0.0408. The minimum Gasteiger partial charge on any atom is -0.461 e. The first kappa shape index (κ1) is 16.3. The van der Waals surface area contributed by atoms with Crippen LogP contribution in [-0.2, 0) is 19.0 Å². The summed E-state index contributed by atoms with van der Waals surface area (Å²) in [7, 11) is 0. The Bertz CT molecular complexity index is 564. The third kappa shape index (κ3) is 2.36. The van der Waals surface area contributed by atoms with E-state index in [2.05, 4.69) is 26.8 Å². The number of esters is 1. The van der Waals surface area contributed by atoms with Crippen molar-refractivity contribution in [3.8, 4) is 0 Å². The van der Waals surface area contributed by atoms with Crippen LogP contribution >= 0.6 is 0 Å². The number of carbonyl (C=O) groups excluding carboxylic acids is 2. The summed E-state index contributed by atoms with van der Waals surface area (Å²) in [6.07, 6.45) is 5.65. The number of hydrogen-bond acceptors (Lipinski definition) is 5. The number of rotatable bonds is 2. The number of ether oxygens (including phenoxy) is 3. The molecule has 0 aromatic rings. The summed E-state index contributed by atoms with van der Waals surface area (Å²) in [4.78, 5) is 23.0. The van der Waals surface area contributed by atoms with Gasteiger partial charge in [-0.3, -0.25) is 4.79 Å². The van der Waals surface area contributed by atoms with Gasteiger partial charge in [-0.1, -0.05) is 33.3 Å². The largest absolute Gasteiger partial charge is 0.509 e. The van der Waals surface area contributed by atoms with Crippen molar-refractivity contribution in [1.82, 2.24) is 0 Å². The molecular weight excluding hydrogens is 296 g/mol. The van der Waals surface area contributed by atoms with E-state index in [1.54, 1.807) is 0 Å². The van der Waals surface area contributed by atoms with Crippen molar-refractivity contribution in [2.24, 2.45) is 16.7 Å². The van der Waals surface area contributed by atoms with Crippen molar-refractivity contribution in [2.45, 2.75) is 59.0 Å². The first-order chi connectivity index (χ1) is 10.7. The Hall–Kier alpha value is -1.52. The molecule has 1 heterocycles. The van der Waals surface area contributed by atoms with E-state index >= 15 is 0 Å². The molecule has 2 fully saturated rings. The van der Waals surface area contributed by atoms with Crippen molar-refractivity contribution >= 4 is 12.1 Å². The van der Waals surface area contributed by atoms with Crippen LogP contribution in [0.15, 0.2) is 11.6 Å². The van der Waals surface area contributed by atoms with Crippen LogP contribution in [0.1, 0.15) is 53.4 Å². The van der Waals surface area contributed by atoms with Crippen LogP contribution in [0.25, 0.3) is 0 Å². The predicted molar refractivity (Wildman–Crippen MR) is 83.7 cm³/mol. The lowest BCUT2D eigenvalue weighted by molar-refractivity contribution is -0.146. The molecular formula is C18H26O5. The van der Waals surface area contributed by atoms with Crippen molar-refractivity contribution in [3.63, 3.8) is 0 Å². The molecule has 3 atom stereocenters. The van der Waals surface area contributed by atoms with Gasteiger partial charge in [-0.15, -0.1) is 0 Å². The molecule has 2 aliphatic carbocycles. The Balaban J connectivity index is 2.03. The van der Waals surface area contributed by atoms with E-state index in [9.17, 15) is 9.59 Å². The van der Waals surface area contributed by atoms with Gasteiger partial charge in [-0.05, 0) is 30.6 Å². The van der Waals surface area contributed by atoms with Gasteiger partial charge in [0.25, 0.3) is 0 Å². The molecule has 128 valence electrons. The van der Waals surface area contributed by atoms with Gasteiger partial charge < -0.3 is 14.2 Å².